The minimum absolute atomic E-state index is 0.905. The van der Waals surface area contributed by atoms with Gasteiger partial charge in [-0.2, -0.15) is 0 Å². The summed E-state index contributed by atoms with van der Waals surface area (Å²) >= 11 is 6.27. The normalized spacial score (nSPS) is 14.4. The van der Waals surface area contributed by atoms with Gasteiger partial charge < -0.3 is 0 Å². The average molecular weight is 244 g/mol. The first kappa shape index (κ1) is 10.8. The molecule has 0 spiro atoms. The van der Waals surface area contributed by atoms with Crippen LogP contribution in [-0.2, 0) is 25.7 Å². The van der Waals surface area contributed by atoms with E-state index in [0.29, 0.717) is 0 Å². The number of nitrogens with zero attached hydrogens (tertiary/aromatic N) is 1. The summed E-state index contributed by atoms with van der Waals surface area (Å²) in [5, 5.41) is 0.905. The molecule has 0 N–H and O–H groups in total. The van der Waals surface area contributed by atoms with Crippen molar-refractivity contribution < 1.29 is 0 Å². The lowest BCUT2D eigenvalue weighted by molar-refractivity contribution is 0.811. The second-order valence-electron chi connectivity index (χ2n) is 4.49. The Kier molecular flexibility index (Phi) is 2.86. The summed E-state index contributed by atoms with van der Waals surface area (Å²) in [5.41, 5.74) is 5.33. The van der Waals surface area contributed by atoms with Gasteiger partial charge in [-0.15, -0.1) is 0 Å². The molecule has 1 nitrogen and oxygen atoms in total. The van der Waals surface area contributed by atoms with Crippen LogP contribution in [0.25, 0.3) is 0 Å². The Morgan fingerprint density at radius 3 is 2.65 bits per heavy atom. The standard InChI is InChI=1S/C15H14ClN/c16-14-5-1-3-11-6-7-12-4-2-10-17-15(12)9-8-13(11)14/h1-5,10H,6-9H2. The first-order chi connectivity index (χ1) is 8.34. The summed E-state index contributed by atoms with van der Waals surface area (Å²) < 4.78 is 0. The molecule has 0 aliphatic heterocycles. The quantitative estimate of drug-likeness (QED) is 0.689. The molecule has 0 fully saturated rings. The van der Waals surface area contributed by atoms with Gasteiger partial charge in [0.2, 0.25) is 0 Å². The lowest BCUT2D eigenvalue weighted by Crippen LogP contribution is -2.08. The lowest BCUT2D eigenvalue weighted by Gasteiger charge is -2.16. The molecule has 0 unspecified atom stereocenters. The van der Waals surface area contributed by atoms with Crippen LogP contribution in [0.5, 0.6) is 0 Å². The minimum atomic E-state index is 0.905. The van der Waals surface area contributed by atoms with E-state index in [9.17, 15) is 0 Å². The van der Waals surface area contributed by atoms with E-state index in [4.69, 9.17) is 11.6 Å². The number of benzene rings is 1. The van der Waals surface area contributed by atoms with Gasteiger partial charge in [0, 0.05) is 16.9 Å². The summed E-state index contributed by atoms with van der Waals surface area (Å²) in [4.78, 5) is 4.48. The van der Waals surface area contributed by atoms with Crippen LogP contribution < -0.4 is 0 Å². The zero-order valence-corrected chi connectivity index (χ0v) is 10.4. The van der Waals surface area contributed by atoms with Crippen molar-refractivity contribution in [1.29, 1.82) is 0 Å². The van der Waals surface area contributed by atoms with Gasteiger partial charge in [-0.3, -0.25) is 4.98 Å². The van der Waals surface area contributed by atoms with Crippen LogP contribution in [0.15, 0.2) is 36.5 Å². The predicted octanol–water partition coefficient (Wildman–Crippen LogP) is 3.62. The molecule has 1 aliphatic rings. The number of hydrogen-bond donors (Lipinski definition) is 0. The maximum Gasteiger partial charge on any atom is 0.0440 e. The molecule has 0 bridgehead atoms. The molecule has 1 aromatic carbocycles. The number of aryl methyl sites for hydroxylation is 3. The monoisotopic (exact) mass is 243 g/mol. The van der Waals surface area contributed by atoms with Gasteiger partial charge in [0.05, 0.1) is 0 Å². The molecule has 2 aromatic rings. The topological polar surface area (TPSA) is 12.9 Å². The smallest absolute Gasteiger partial charge is 0.0440 e. The largest absolute Gasteiger partial charge is 0.261 e. The molecule has 1 aromatic heterocycles. The number of aromatic nitrogens is 1. The van der Waals surface area contributed by atoms with Crippen molar-refractivity contribution in [2.45, 2.75) is 25.7 Å². The third-order valence-electron chi connectivity index (χ3n) is 3.48. The van der Waals surface area contributed by atoms with E-state index >= 15 is 0 Å². The van der Waals surface area contributed by atoms with Crippen molar-refractivity contribution in [3.05, 3.63) is 63.9 Å². The maximum atomic E-state index is 6.27. The second-order valence-corrected chi connectivity index (χ2v) is 4.89. The fourth-order valence-electron chi connectivity index (χ4n) is 2.55. The summed E-state index contributed by atoms with van der Waals surface area (Å²) in [7, 11) is 0. The molecule has 0 saturated heterocycles. The number of rotatable bonds is 0. The Balaban J connectivity index is 2.00. The van der Waals surface area contributed by atoms with Gasteiger partial charge in [0.15, 0.2) is 0 Å². The summed E-state index contributed by atoms with van der Waals surface area (Å²) in [6, 6.07) is 10.5. The average Bonchev–Trinajstić information content (AvgIpc) is 2.33. The molecule has 3 rings (SSSR count). The van der Waals surface area contributed by atoms with Gasteiger partial charge in [-0.25, -0.2) is 0 Å². The minimum Gasteiger partial charge on any atom is -0.261 e. The zero-order chi connectivity index (χ0) is 11.7. The predicted molar refractivity (Wildman–Crippen MR) is 70.5 cm³/mol. The van der Waals surface area contributed by atoms with Crippen LogP contribution in [0, 0.1) is 0 Å². The highest BCUT2D eigenvalue weighted by atomic mass is 35.5. The Morgan fingerprint density at radius 2 is 1.71 bits per heavy atom. The van der Waals surface area contributed by atoms with Crippen LogP contribution in [-0.4, -0.2) is 4.98 Å². The fourth-order valence-corrected chi connectivity index (χ4v) is 2.84. The van der Waals surface area contributed by atoms with Crippen molar-refractivity contribution in [2.24, 2.45) is 0 Å². The number of halogens is 1. The summed E-state index contributed by atoms with van der Waals surface area (Å²) in [6.07, 6.45) is 6.00. The van der Waals surface area contributed by atoms with Crippen molar-refractivity contribution in [1.82, 2.24) is 4.98 Å². The molecule has 0 radical (unpaired) electrons. The Bertz CT molecular complexity index is 548. The fraction of sp³-hybridized carbons (Fsp3) is 0.267. The van der Waals surface area contributed by atoms with Gasteiger partial charge >= 0.3 is 0 Å². The number of fused-ring (bicyclic) bond motifs is 2. The number of hydrogen-bond acceptors (Lipinski definition) is 1. The van der Waals surface area contributed by atoms with Crippen molar-refractivity contribution in [2.75, 3.05) is 0 Å². The Morgan fingerprint density at radius 1 is 0.882 bits per heavy atom. The first-order valence-electron chi connectivity index (χ1n) is 6.03. The van der Waals surface area contributed by atoms with Crippen molar-refractivity contribution in [3.63, 3.8) is 0 Å². The van der Waals surface area contributed by atoms with Gasteiger partial charge in [-0.1, -0.05) is 29.8 Å². The SMILES string of the molecule is Clc1cccc2c1CCc1ncccc1CC2. The molecule has 1 aliphatic carbocycles. The van der Waals surface area contributed by atoms with Gasteiger partial charge in [0.1, 0.15) is 0 Å². The molecule has 2 heteroatoms. The molecule has 17 heavy (non-hydrogen) atoms. The van der Waals surface area contributed by atoms with Gasteiger partial charge in [-0.05, 0) is 54.5 Å². The first-order valence-corrected chi connectivity index (χ1v) is 6.41. The third-order valence-corrected chi connectivity index (χ3v) is 3.83. The maximum absolute atomic E-state index is 6.27. The second kappa shape index (κ2) is 4.50. The highest BCUT2D eigenvalue weighted by Gasteiger charge is 2.13. The summed E-state index contributed by atoms with van der Waals surface area (Å²) in [6.45, 7) is 0. The van der Waals surface area contributed by atoms with Crippen LogP contribution in [0.3, 0.4) is 0 Å². The van der Waals surface area contributed by atoms with E-state index < -0.39 is 0 Å². The Labute approximate surface area is 106 Å². The van der Waals surface area contributed by atoms with E-state index in [2.05, 4.69) is 17.1 Å². The van der Waals surface area contributed by atoms with Crippen LogP contribution in [0.1, 0.15) is 22.4 Å². The van der Waals surface area contributed by atoms with Gasteiger partial charge in [0.25, 0.3) is 0 Å². The zero-order valence-electron chi connectivity index (χ0n) is 9.62. The lowest BCUT2D eigenvalue weighted by atomic mass is 9.91. The molecule has 0 amide bonds. The van der Waals surface area contributed by atoms with E-state index in [1.807, 2.05) is 24.4 Å². The number of pyridine rings is 1. The molecule has 1 heterocycles. The molecular weight excluding hydrogens is 230 g/mol. The van der Waals surface area contributed by atoms with E-state index in [1.165, 1.54) is 22.4 Å². The van der Waals surface area contributed by atoms with Crippen molar-refractivity contribution in [3.8, 4) is 0 Å². The van der Waals surface area contributed by atoms with Crippen molar-refractivity contribution >= 4 is 11.6 Å². The van der Waals surface area contributed by atoms with E-state index in [1.54, 1.807) is 0 Å². The highest BCUT2D eigenvalue weighted by molar-refractivity contribution is 6.31. The molecule has 0 atom stereocenters. The van der Waals surface area contributed by atoms with Crippen LogP contribution in [0.4, 0.5) is 0 Å². The van der Waals surface area contributed by atoms with Crippen LogP contribution in [0.2, 0.25) is 5.02 Å². The summed E-state index contributed by atoms with van der Waals surface area (Å²) in [5.74, 6) is 0. The Hall–Kier alpha value is -1.34. The molecule has 0 saturated carbocycles. The molecular formula is C15H14ClN. The van der Waals surface area contributed by atoms with E-state index in [-0.39, 0.29) is 0 Å². The van der Waals surface area contributed by atoms with Crippen LogP contribution >= 0.6 is 11.6 Å². The highest BCUT2D eigenvalue weighted by Crippen LogP contribution is 2.26. The third kappa shape index (κ3) is 2.07. The van der Waals surface area contributed by atoms with E-state index in [0.717, 1.165) is 30.7 Å². The molecule has 86 valence electrons.